The van der Waals surface area contributed by atoms with E-state index in [1.807, 2.05) is 58.9 Å². The number of nitrogens with zero attached hydrogens (tertiary/aromatic N) is 1. The van der Waals surface area contributed by atoms with E-state index in [2.05, 4.69) is 5.32 Å². The van der Waals surface area contributed by atoms with Gasteiger partial charge in [-0.25, -0.2) is 4.79 Å². The van der Waals surface area contributed by atoms with Gasteiger partial charge < -0.3 is 15.0 Å². The van der Waals surface area contributed by atoms with E-state index >= 15 is 0 Å². The summed E-state index contributed by atoms with van der Waals surface area (Å²) >= 11 is 0. The fourth-order valence-electron chi connectivity index (χ4n) is 3.27. The van der Waals surface area contributed by atoms with E-state index in [9.17, 15) is 9.59 Å². The van der Waals surface area contributed by atoms with Crippen LogP contribution in [0.25, 0.3) is 0 Å². The molecule has 0 aliphatic carbocycles. The largest absolute Gasteiger partial charge is 0.444 e. The molecule has 1 fully saturated rings. The van der Waals surface area contributed by atoms with Gasteiger partial charge in [0.25, 0.3) is 0 Å². The first-order chi connectivity index (χ1) is 11.3. The molecule has 0 unspecified atom stereocenters. The number of ether oxygens (including phenoxy) is 1. The molecule has 0 bridgehead atoms. The summed E-state index contributed by atoms with van der Waals surface area (Å²) in [6.07, 6.45) is 0.971. The molecule has 0 atom stereocenters. The molecule has 1 spiro atoms. The number of hydrogen-bond donors (Lipinski definition) is 1. The molecule has 24 heavy (non-hydrogen) atoms. The number of likely N-dealkylation sites (tertiary alicyclic amines) is 1. The number of carbonyl (C=O) groups excluding carboxylic acids is 2. The Balaban J connectivity index is 0.00000100. The van der Waals surface area contributed by atoms with E-state index in [0.717, 1.165) is 11.3 Å². The van der Waals surface area contributed by atoms with E-state index < -0.39 is 11.0 Å². The molecule has 2 aliphatic heterocycles. The molecule has 3 rings (SSSR count). The Morgan fingerprint density at radius 1 is 1.17 bits per heavy atom. The van der Waals surface area contributed by atoms with Crippen LogP contribution in [0, 0.1) is 0 Å². The molecular formula is C19H28N2O3. The van der Waals surface area contributed by atoms with Crippen LogP contribution < -0.4 is 5.32 Å². The summed E-state index contributed by atoms with van der Waals surface area (Å²) in [6, 6.07) is 7.83. The number of carbonyl (C=O) groups is 2. The number of hydrogen-bond acceptors (Lipinski definition) is 3. The molecule has 2 aliphatic rings. The molecule has 2 heterocycles. The van der Waals surface area contributed by atoms with E-state index in [1.54, 1.807) is 4.90 Å². The Bertz CT molecular complexity index is 611. The Morgan fingerprint density at radius 2 is 1.75 bits per heavy atom. The normalized spacial score (nSPS) is 18.4. The molecule has 132 valence electrons. The molecule has 1 aromatic rings. The van der Waals surface area contributed by atoms with Gasteiger partial charge in [-0.15, -0.1) is 0 Å². The lowest BCUT2D eigenvalue weighted by Crippen LogP contribution is -2.49. The van der Waals surface area contributed by atoms with Crippen LogP contribution in [0.4, 0.5) is 10.5 Å². The molecule has 0 saturated carbocycles. The summed E-state index contributed by atoms with van der Waals surface area (Å²) in [5.41, 5.74) is 0.973. The highest BCUT2D eigenvalue weighted by molar-refractivity contribution is 6.06. The van der Waals surface area contributed by atoms with Crippen molar-refractivity contribution in [2.75, 3.05) is 18.4 Å². The third kappa shape index (κ3) is 3.40. The minimum Gasteiger partial charge on any atom is -0.444 e. The fourth-order valence-corrected chi connectivity index (χ4v) is 3.27. The molecule has 1 saturated heterocycles. The quantitative estimate of drug-likeness (QED) is 0.783. The van der Waals surface area contributed by atoms with Crippen LogP contribution in [0.3, 0.4) is 0 Å². The van der Waals surface area contributed by atoms with Crippen molar-refractivity contribution in [3.63, 3.8) is 0 Å². The molecule has 1 aromatic carbocycles. The summed E-state index contributed by atoms with van der Waals surface area (Å²) in [5.74, 6) is 0.0533. The standard InChI is InChI=1S/C17H22N2O3.C2H6/c1-16(2,3)22-15(21)19-10-8-17(9-11-19)12-6-4-5-7-13(12)18-14(17)20;1-2/h4-7H,8-11H2,1-3H3,(H,18,20);1-2H3. The van der Waals surface area contributed by atoms with Crippen molar-refractivity contribution in [2.45, 2.75) is 58.5 Å². The summed E-state index contributed by atoms with van der Waals surface area (Å²) < 4.78 is 5.41. The number of anilines is 1. The first-order valence-corrected chi connectivity index (χ1v) is 8.71. The number of para-hydroxylation sites is 1. The van der Waals surface area contributed by atoms with Gasteiger partial charge in [0, 0.05) is 18.8 Å². The summed E-state index contributed by atoms with van der Waals surface area (Å²) in [4.78, 5) is 26.3. The SMILES string of the molecule is CC.CC(C)(C)OC(=O)N1CCC2(CC1)C(=O)Nc1ccccc12. The van der Waals surface area contributed by atoms with Crippen LogP contribution in [0.15, 0.2) is 24.3 Å². The lowest BCUT2D eigenvalue weighted by Gasteiger charge is -2.38. The zero-order chi connectivity index (χ0) is 18.0. The van der Waals surface area contributed by atoms with E-state index in [0.29, 0.717) is 25.9 Å². The Hall–Kier alpha value is -2.04. The van der Waals surface area contributed by atoms with Crippen molar-refractivity contribution in [3.8, 4) is 0 Å². The molecule has 5 heteroatoms. The van der Waals surface area contributed by atoms with E-state index in [1.165, 1.54) is 0 Å². The van der Waals surface area contributed by atoms with Crippen molar-refractivity contribution in [1.82, 2.24) is 4.90 Å². The second-order valence-electron chi connectivity index (χ2n) is 7.05. The number of rotatable bonds is 0. The minimum absolute atomic E-state index is 0.0533. The second-order valence-corrected chi connectivity index (χ2v) is 7.05. The average molecular weight is 332 g/mol. The summed E-state index contributed by atoms with van der Waals surface area (Å²) in [6.45, 7) is 10.7. The smallest absolute Gasteiger partial charge is 0.410 e. The number of amides is 2. The van der Waals surface area contributed by atoms with Crippen LogP contribution >= 0.6 is 0 Å². The van der Waals surface area contributed by atoms with Crippen LogP contribution in [0.1, 0.15) is 53.0 Å². The average Bonchev–Trinajstić information content (AvgIpc) is 2.81. The summed E-state index contributed by atoms with van der Waals surface area (Å²) in [5, 5.41) is 2.97. The Morgan fingerprint density at radius 3 is 2.33 bits per heavy atom. The first kappa shape index (κ1) is 18.3. The van der Waals surface area contributed by atoms with Crippen LogP contribution in [0.2, 0.25) is 0 Å². The predicted octanol–water partition coefficient (Wildman–Crippen LogP) is 3.93. The van der Waals surface area contributed by atoms with Gasteiger partial charge in [0.05, 0.1) is 5.41 Å². The first-order valence-electron chi connectivity index (χ1n) is 8.71. The van der Waals surface area contributed by atoms with Crippen molar-refractivity contribution in [2.24, 2.45) is 0 Å². The monoisotopic (exact) mass is 332 g/mol. The van der Waals surface area contributed by atoms with Crippen molar-refractivity contribution >= 4 is 17.7 Å². The zero-order valence-electron chi connectivity index (χ0n) is 15.3. The van der Waals surface area contributed by atoms with Crippen molar-refractivity contribution < 1.29 is 14.3 Å². The fraction of sp³-hybridized carbons (Fsp3) is 0.579. The van der Waals surface area contributed by atoms with Gasteiger partial charge in [-0.05, 0) is 45.2 Å². The van der Waals surface area contributed by atoms with Gasteiger partial charge in [-0.2, -0.15) is 0 Å². The third-order valence-corrected chi connectivity index (χ3v) is 4.39. The highest BCUT2D eigenvalue weighted by atomic mass is 16.6. The second kappa shape index (κ2) is 6.83. The topological polar surface area (TPSA) is 58.6 Å². The van der Waals surface area contributed by atoms with Gasteiger partial charge in [0.1, 0.15) is 5.60 Å². The number of piperidine rings is 1. The van der Waals surface area contributed by atoms with E-state index in [-0.39, 0.29) is 12.0 Å². The van der Waals surface area contributed by atoms with Crippen LogP contribution in [-0.4, -0.2) is 35.6 Å². The Labute approximate surface area is 144 Å². The van der Waals surface area contributed by atoms with Gasteiger partial charge in [-0.3, -0.25) is 4.79 Å². The highest BCUT2D eigenvalue weighted by Gasteiger charge is 2.49. The van der Waals surface area contributed by atoms with Gasteiger partial charge in [0.2, 0.25) is 5.91 Å². The van der Waals surface area contributed by atoms with Crippen LogP contribution in [0.5, 0.6) is 0 Å². The van der Waals surface area contributed by atoms with Crippen molar-refractivity contribution in [1.29, 1.82) is 0 Å². The maximum Gasteiger partial charge on any atom is 0.410 e. The molecule has 1 N–H and O–H groups in total. The van der Waals surface area contributed by atoms with Crippen molar-refractivity contribution in [3.05, 3.63) is 29.8 Å². The minimum atomic E-state index is -0.496. The molecular weight excluding hydrogens is 304 g/mol. The molecule has 5 nitrogen and oxygen atoms in total. The van der Waals surface area contributed by atoms with Gasteiger partial charge >= 0.3 is 6.09 Å². The van der Waals surface area contributed by atoms with Gasteiger partial charge in [0.15, 0.2) is 0 Å². The van der Waals surface area contributed by atoms with Gasteiger partial charge in [-0.1, -0.05) is 32.0 Å². The number of benzene rings is 1. The van der Waals surface area contributed by atoms with Crippen LogP contribution in [-0.2, 0) is 14.9 Å². The molecule has 0 aromatic heterocycles. The predicted molar refractivity (Wildman–Crippen MR) is 95.1 cm³/mol. The maximum atomic E-state index is 12.5. The van der Waals surface area contributed by atoms with E-state index in [4.69, 9.17) is 4.74 Å². The molecule has 2 amide bonds. The third-order valence-electron chi connectivity index (χ3n) is 4.39. The maximum absolute atomic E-state index is 12.5. The number of nitrogens with one attached hydrogen (secondary N) is 1. The Kier molecular flexibility index (Phi) is 5.21. The highest BCUT2D eigenvalue weighted by Crippen LogP contribution is 2.44. The lowest BCUT2D eigenvalue weighted by molar-refractivity contribution is -0.122. The number of fused-ring (bicyclic) bond motifs is 2. The lowest BCUT2D eigenvalue weighted by atomic mass is 9.74. The zero-order valence-corrected chi connectivity index (χ0v) is 15.3. The summed E-state index contributed by atoms with van der Waals surface area (Å²) in [7, 11) is 0. The molecule has 0 radical (unpaired) electrons.